The minimum absolute atomic E-state index is 0. The van der Waals surface area contributed by atoms with Crippen LogP contribution >= 0.6 is 11.6 Å². The maximum atomic E-state index is 6.27. The van der Waals surface area contributed by atoms with Crippen molar-refractivity contribution in [2.75, 3.05) is 6.54 Å². The monoisotopic (exact) mass is 267 g/mol. The summed E-state index contributed by atoms with van der Waals surface area (Å²) >= 11 is 6.27. The lowest BCUT2D eigenvalue weighted by atomic mass is 9.96. The van der Waals surface area contributed by atoms with Gasteiger partial charge in [-0.25, -0.2) is 4.58 Å². The van der Waals surface area contributed by atoms with E-state index in [0.717, 1.165) is 13.0 Å². The van der Waals surface area contributed by atoms with E-state index < -0.39 is 4.87 Å². The molecule has 0 fully saturated rings. The molecule has 17 heavy (non-hydrogen) atoms. The number of hydrogen-bond donors (Lipinski definition) is 0. The Hall–Kier alpha value is -1.05. The van der Waals surface area contributed by atoms with Gasteiger partial charge in [0, 0.05) is 11.6 Å². The number of nitrogens with zero attached hydrogens (tertiary/aromatic N) is 1. The number of allylic oxidation sites excluding steroid dienone is 7. The quantitative estimate of drug-likeness (QED) is 0.382. The summed E-state index contributed by atoms with van der Waals surface area (Å²) in [5, 5.41) is 0. The molecular formula is C14H15Cl2N. The molecule has 3 heteroatoms. The van der Waals surface area contributed by atoms with Crippen LogP contribution in [-0.2, 0) is 0 Å². The molecule has 1 aliphatic heterocycles. The molecule has 0 aromatic rings. The fourth-order valence-corrected chi connectivity index (χ4v) is 1.80. The van der Waals surface area contributed by atoms with Crippen LogP contribution < -0.4 is 12.4 Å². The molecular weight excluding hydrogens is 253 g/mol. The third-order valence-electron chi connectivity index (χ3n) is 2.70. The molecule has 1 unspecified atom stereocenters. The normalized spacial score (nSPS) is 28.8. The van der Waals surface area contributed by atoms with Gasteiger partial charge in [-0.1, -0.05) is 30.4 Å². The summed E-state index contributed by atoms with van der Waals surface area (Å²) in [6, 6.07) is 0. The lowest BCUT2D eigenvalue weighted by Crippen LogP contribution is -3.00. The minimum atomic E-state index is -0.394. The molecule has 0 N–H and O–H groups in total. The lowest BCUT2D eigenvalue weighted by molar-refractivity contribution is -0.440. The number of hydrogen-bond acceptors (Lipinski definition) is 0. The van der Waals surface area contributed by atoms with Crippen molar-refractivity contribution < 1.29 is 17.0 Å². The van der Waals surface area contributed by atoms with Crippen LogP contribution in [0.4, 0.5) is 0 Å². The third-order valence-corrected chi connectivity index (χ3v) is 3.13. The largest absolute Gasteiger partial charge is 1.00 e. The average Bonchev–Trinajstić information content (AvgIpc) is 2.34. The van der Waals surface area contributed by atoms with Crippen molar-refractivity contribution in [2.24, 2.45) is 0 Å². The molecule has 2 aliphatic rings. The lowest BCUT2D eigenvalue weighted by Gasteiger charge is -2.19. The van der Waals surface area contributed by atoms with E-state index in [4.69, 9.17) is 11.6 Å². The van der Waals surface area contributed by atoms with Crippen LogP contribution in [-0.4, -0.2) is 22.2 Å². The molecule has 0 saturated heterocycles. The number of alkyl halides is 1. The molecule has 0 aromatic carbocycles. The first-order chi connectivity index (χ1) is 7.72. The fourth-order valence-electron chi connectivity index (χ4n) is 1.66. The summed E-state index contributed by atoms with van der Waals surface area (Å²) < 4.78 is 2.14. The van der Waals surface area contributed by atoms with E-state index in [0.29, 0.717) is 0 Å². The standard InChI is InChI=1S/C14H15ClN.ClH/c1-2-14(15)8-6-13(7-9-14)12-16-10-4-3-5-11-16;/h2-8,10,12H,1,9,11H2;1H/q+1;/p-1. The topological polar surface area (TPSA) is 3.01 Å². The smallest absolute Gasteiger partial charge is 0.176 e. The van der Waals surface area contributed by atoms with Crippen molar-refractivity contribution in [1.82, 2.24) is 0 Å². The van der Waals surface area contributed by atoms with Crippen molar-refractivity contribution in [3.05, 3.63) is 60.9 Å². The highest BCUT2D eigenvalue weighted by Gasteiger charge is 2.21. The molecule has 0 spiro atoms. The van der Waals surface area contributed by atoms with Gasteiger partial charge in [0.05, 0.1) is 4.87 Å². The second-order valence-corrected chi connectivity index (χ2v) is 4.67. The Balaban J connectivity index is 0.00000144. The van der Waals surface area contributed by atoms with Gasteiger partial charge in [0.25, 0.3) is 0 Å². The van der Waals surface area contributed by atoms with Gasteiger partial charge >= 0.3 is 0 Å². The van der Waals surface area contributed by atoms with Gasteiger partial charge in [0.1, 0.15) is 0 Å². The maximum Gasteiger partial charge on any atom is 0.176 e. The Bertz CT molecular complexity index is 441. The molecule has 0 radical (unpaired) electrons. The van der Waals surface area contributed by atoms with Crippen molar-refractivity contribution in [2.45, 2.75) is 11.3 Å². The molecule has 0 bridgehead atoms. The summed E-state index contributed by atoms with van der Waals surface area (Å²) in [6.07, 6.45) is 19.2. The van der Waals surface area contributed by atoms with Crippen LogP contribution in [0.1, 0.15) is 6.42 Å². The predicted molar refractivity (Wildman–Crippen MR) is 70.1 cm³/mol. The summed E-state index contributed by atoms with van der Waals surface area (Å²) in [5.74, 6) is 0. The first kappa shape index (κ1) is 14.0. The van der Waals surface area contributed by atoms with Gasteiger partial charge < -0.3 is 12.4 Å². The molecule has 1 atom stereocenters. The first-order valence-corrected chi connectivity index (χ1v) is 5.75. The summed E-state index contributed by atoms with van der Waals surface area (Å²) in [7, 11) is 0. The van der Waals surface area contributed by atoms with E-state index >= 15 is 0 Å². The van der Waals surface area contributed by atoms with E-state index in [2.05, 4.69) is 41.8 Å². The highest BCUT2D eigenvalue weighted by molar-refractivity contribution is 6.27. The Morgan fingerprint density at radius 2 is 2.24 bits per heavy atom. The van der Waals surface area contributed by atoms with Crippen molar-refractivity contribution in [1.29, 1.82) is 0 Å². The van der Waals surface area contributed by atoms with Crippen molar-refractivity contribution >= 4 is 17.8 Å². The number of rotatable bonds is 2. The Morgan fingerprint density at radius 3 is 2.76 bits per heavy atom. The Labute approximate surface area is 114 Å². The van der Waals surface area contributed by atoms with Crippen LogP contribution in [0.3, 0.4) is 0 Å². The molecule has 2 rings (SSSR count). The molecule has 90 valence electrons. The van der Waals surface area contributed by atoms with Gasteiger partial charge in [-0.15, -0.1) is 18.2 Å². The highest BCUT2D eigenvalue weighted by atomic mass is 35.5. The molecule has 1 heterocycles. The van der Waals surface area contributed by atoms with E-state index in [-0.39, 0.29) is 12.4 Å². The maximum absolute atomic E-state index is 6.27. The van der Waals surface area contributed by atoms with E-state index in [1.54, 1.807) is 6.08 Å². The van der Waals surface area contributed by atoms with Crippen LogP contribution in [0.2, 0.25) is 0 Å². The zero-order valence-corrected chi connectivity index (χ0v) is 11.0. The zero-order valence-electron chi connectivity index (χ0n) is 9.52. The van der Waals surface area contributed by atoms with Gasteiger partial charge in [-0.05, 0) is 12.5 Å². The zero-order chi connectivity index (χ0) is 11.4. The van der Waals surface area contributed by atoms with Gasteiger partial charge in [-0.3, -0.25) is 0 Å². The first-order valence-electron chi connectivity index (χ1n) is 5.38. The molecule has 0 amide bonds. The Morgan fingerprint density at radius 1 is 1.41 bits per heavy atom. The summed E-state index contributed by atoms with van der Waals surface area (Å²) in [4.78, 5) is -0.394. The van der Waals surface area contributed by atoms with Crippen molar-refractivity contribution in [3.63, 3.8) is 0 Å². The van der Waals surface area contributed by atoms with Gasteiger partial charge in [0.15, 0.2) is 19.0 Å². The van der Waals surface area contributed by atoms with Crippen LogP contribution in [0.15, 0.2) is 60.9 Å². The predicted octanol–water partition coefficient (Wildman–Crippen LogP) is 0.207. The van der Waals surface area contributed by atoms with Gasteiger partial charge in [0.2, 0.25) is 0 Å². The van der Waals surface area contributed by atoms with Crippen LogP contribution in [0.25, 0.3) is 0 Å². The molecule has 0 aromatic heterocycles. The second-order valence-electron chi connectivity index (χ2n) is 3.97. The third kappa shape index (κ3) is 3.72. The molecule has 1 aliphatic carbocycles. The van der Waals surface area contributed by atoms with E-state index in [1.165, 1.54) is 5.57 Å². The average molecular weight is 268 g/mol. The van der Waals surface area contributed by atoms with Crippen molar-refractivity contribution in [3.8, 4) is 0 Å². The van der Waals surface area contributed by atoms with Crippen LogP contribution in [0, 0.1) is 0 Å². The fraction of sp³-hybridized carbons (Fsp3) is 0.214. The van der Waals surface area contributed by atoms with E-state index in [9.17, 15) is 0 Å². The number of halogens is 2. The summed E-state index contributed by atoms with van der Waals surface area (Å²) in [6.45, 7) is 4.67. The van der Waals surface area contributed by atoms with Gasteiger partial charge in [-0.2, -0.15) is 0 Å². The molecule has 0 saturated carbocycles. The second kappa shape index (κ2) is 6.04. The molecule has 1 nitrogen and oxygen atoms in total. The summed E-state index contributed by atoms with van der Waals surface area (Å²) in [5.41, 5.74) is 1.19. The minimum Gasteiger partial charge on any atom is -1.00 e. The van der Waals surface area contributed by atoms with E-state index in [1.807, 2.05) is 18.2 Å². The highest BCUT2D eigenvalue weighted by Crippen LogP contribution is 2.28. The Kier molecular flexibility index (Phi) is 4.98. The van der Waals surface area contributed by atoms with Crippen LogP contribution in [0.5, 0.6) is 0 Å². The SMILES string of the molecule is C=CC1(Cl)C=CC(C=[N+]2C=CC=CC2)=CC1.[Cl-].